The van der Waals surface area contributed by atoms with Crippen molar-refractivity contribution in [1.82, 2.24) is 4.90 Å². The van der Waals surface area contributed by atoms with E-state index in [1.54, 1.807) is 24.1 Å². The molecule has 1 atom stereocenters. The van der Waals surface area contributed by atoms with Crippen molar-refractivity contribution >= 4 is 5.91 Å². The summed E-state index contributed by atoms with van der Waals surface area (Å²) in [5.41, 5.74) is 0. The summed E-state index contributed by atoms with van der Waals surface area (Å²) in [4.78, 5) is 13.9. The normalized spacial score (nSPS) is 18.1. The predicted molar refractivity (Wildman–Crippen MR) is 74.9 cm³/mol. The molecule has 2 rings (SSSR count). The van der Waals surface area contributed by atoms with Gasteiger partial charge in [0.15, 0.2) is 18.1 Å². The molecule has 1 aliphatic rings. The zero-order valence-electron chi connectivity index (χ0n) is 11.7. The van der Waals surface area contributed by atoms with Crippen LogP contribution in [-0.2, 0) is 4.79 Å². The van der Waals surface area contributed by atoms with Crippen molar-refractivity contribution < 1.29 is 19.4 Å². The maximum absolute atomic E-state index is 12.1. The highest BCUT2D eigenvalue weighted by Crippen LogP contribution is 2.26. The first-order valence-electron chi connectivity index (χ1n) is 6.89. The van der Waals surface area contributed by atoms with E-state index in [4.69, 9.17) is 14.6 Å². The summed E-state index contributed by atoms with van der Waals surface area (Å²) >= 11 is 0. The summed E-state index contributed by atoms with van der Waals surface area (Å²) in [6.07, 6.45) is 1.72. The molecule has 0 aromatic heterocycles. The lowest BCUT2D eigenvalue weighted by atomic mass is 10.1. The number of benzene rings is 1. The lowest BCUT2D eigenvalue weighted by Gasteiger charge is -2.17. The zero-order valence-corrected chi connectivity index (χ0v) is 11.7. The summed E-state index contributed by atoms with van der Waals surface area (Å²) in [6, 6.07) is 7.28. The monoisotopic (exact) mass is 279 g/mol. The van der Waals surface area contributed by atoms with E-state index in [1.807, 2.05) is 12.1 Å². The van der Waals surface area contributed by atoms with Gasteiger partial charge in [-0.3, -0.25) is 4.79 Å². The van der Waals surface area contributed by atoms with Crippen LogP contribution >= 0.6 is 0 Å². The quantitative estimate of drug-likeness (QED) is 0.853. The Morgan fingerprint density at radius 3 is 2.85 bits per heavy atom. The van der Waals surface area contributed by atoms with Gasteiger partial charge in [-0.2, -0.15) is 0 Å². The minimum Gasteiger partial charge on any atom is -0.493 e. The number of ether oxygens (including phenoxy) is 2. The van der Waals surface area contributed by atoms with Crippen LogP contribution in [0.5, 0.6) is 11.5 Å². The molecule has 1 aromatic rings. The summed E-state index contributed by atoms with van der Waals surface area (Å²) in [5, 5.41) is 8.92. The molecular formula is C15H21NO4. The number of carbonyl (C=O) groups excluding carboxylic acids is 1. The molecule has 1 amide bonds. The van der Waals surface area contributed by atoms with Gasteiger partial charge in [-0.15, -0.1) is 0 Å². The van der Waals surface area contributed by atoms with Crippen molar-refractivity contribution in [2.24, 2.45) is 5.92 Å². The molecule has 1 N–H and O–H groups in total. The van der Waals surface area contributed by atoms with Gasteiger partial charge in [0.1, 0.15) is 0 Å². The Hall–Kier alpha value is -1.75. The van der Waals surface area contributed by atoms with Crippen LogP contribution in [0.2, 0.25) is 0 Å². The van der Waals surface area contributed by atoms with Crippen molar-refractivity contribution in [2.75, 3.05) is 33.4 Å². The molecule has 1 fully saturated rings. The van der Waals surface area contributed by atoms with Gasteiger partial charge in [0.25, 0.3) is 5.91 Å². The molecule has 0 radical (unpaired) electrons. The average molecular weight is 279 g/mol. The number of rotatable bonds is 6. The third-order valence-electron chi connectivity index (χ3n) is 3.60. The SMILES string of the molecule is COc1ccccc1OCC(=O)N1CCC(CCO)C1. The molecule has 1 aliphatic heterocycles. The van der Waals surface area contributed by atoms with Crippen LogP contribution in [0.4, 0.5) is 0 Å². The van der Waals surface area contributed by atoms with Crippen LogP contribution in [0.15, 0.2) is 24.3 Å². The number of aliphatic hydroxyl groups excluding tert-OH is 1. The van der Waals surface area contributed by atoms with Crippen molar-refractivity contribution in [3.05, 3.63) is 24.3 Å². The highest BCUT2D eigenvalue weighted by Gasteiger charge is 2.26. The molecule has 1 unspecified atom stereocenters. The fraction of sp³-hybridized carbons (Fsp3) is 0.533. The van der Waals surface area contributed by atoms with Gasteiger partial charge in [0, 0.05) is 19.7 Å². The second kappa shape index (κ2) is 7.14. The van der Waals surface area contributed by atoms with Gasteiger partial charge in [0.2, 0.25) is 0 Å². The van der Waals surface area contributed by atoms with Crippen molar-refractivity contribution in [3.8, 4) is 11.5 Å². The second-order valence-corrected chi connectivity index (χ2v) is 4.95. The Kier molecular flexibility index (Phi) is 5.24. The molecule has 0 aliphatic carbocycles. The molecule has 1 aromatic carbocycles. The predicted octanol–water partition coefficient (Wildman–Crippen LogP) is 1.30. The maximum atomic E-state index is 12.1. The van der Waals surface area contributed by atoms with Crippen LogP contribution in [-0.4, -0.2) is 49.3 Å². The van der Waals surface area contributed by atoms with E-state index in [2.05, 4.69) is 0 Å². The fourth-order valence-corrected chi connectivity index (χ4v) is 2.45. The molecule has 1 heterocycles. The minimum atomic E-state index is -0.0173. The van der Waals surface area contributed by atoms with Crippen molar-refractivity contribution in [1.29, 1.82) is 0 Å². The molecule has 0 spiro atoms. The Balaban J connectivity index is 1.83. The van der Waals surface area contributed by atoms with E-state index in [9.17, 15) is 4.79 Å². The highest BCUT2D eigenvalue weighted by molar-refractivity contribution is 5.78. The van der Waals surface area contributed by atoms with Gasteiger partial charge in [-0.1, -0.05) is 12.1 Å². The van der Waals surface area contributed by atoms with Crippen molar-refractivity contribution in [2.45, 2.75) is 12.8 Å². The number of nitrogens with zero attached hydrogens (tertiary/aromatic N) is 1. The zero-order chi connectivity index (χ0) is 14.4. The van der Waals surface area contributed by atoms with Gasteiger partial charge in [-0.05, 0) is 30.9 Å². The number of hydrogen-bond acceptors (Lipinski definition) is 4. The molecular weight excluding hydrogens is 258 g/mol. The molecule has 0 bridgehead atoms. The van der Waals surface area contributed by atoms with E-state index in [-0.39, 0.29) is 19.1 Å². The van der Waals surface area contributed by atoms with Gasteiger partial charge in [-0.25, -0.2) is 0 Å². The molecule has 110 valence electrons. The number of para-hydroxylation sites is 2. The van der Waals surface area contributed by atoms with Crippen molar-refractivity contribution in [3.63, 3.8) is 0 Å². The van der Waals surface area contributed by atoms with Crippen LogP contribution in [0.3, 0.4) is 0 Å². The van der Waals surface area contributed by atoms with Crippen LogP contribution < -0.4 is 9.47 Å². The average Bonchev–Trinajstić information content (AvgIpc) is 2.94. The number of likely N-dealkylation sites (tertiary alicyclic amines) is 1. The number of hydrogen-bond donors (Lipinski definition) is 1. The second-order valence-electron chi connectivity index (χ2n) is 4.95. The standard InChI is InChI=1S/C15H21NO4/c1-19-13-4-2-3-5-14(13)20-11-15(18)16-8-6-12(10-16)7-9-17/h2-5,12,17H,6-11H2,1H3. The van der Waals surface area contributed by atoms with E-state index >= 15 is 0 Å². The lowest BCUT2D eigenvalue weighted by molar-refractivity contribution is -0.132. The molecule has 0 saturated carbocycles. The Morgan fingerprint density at radius 1 is 1.40 bits per heavy atom. The van der Waals surface area contributed by atoms with Crippen LogP contribution in [0, 0.1) is 5.92 Å². The fourth-order valence-electron chi connectivity index (χ4n) is 2.45. The van der Waals surface area contributed by atoms with Gasteiger partial charge >= 0.3 is 0 Å². The Bertz CT molecular complexity index is 449. The summed E-state index contributed by atoms with van der Waals surface area (Å²) < 4.78 is 10.7. The summed E-state index contributed by atoms with van der Waals surface area (Å²) in [6.45, 7) is 1.67. The van der Waals surface area contributed by atoms with Crippen LogP contribution in [0.25, 0.3) is 0 Å². The Labute approximate surface area is 119 Å². The van der Waals surface area contributed by atoms with E-state index in [0.717, 1.165) is 19.4 Å². The topological polar surface area (TPSA) is 59.0 Å². The van der Waals surface area contributed by atoms with Gasteiger partial charge in [0.05, 0.1) is 7.11 Å². The summed E-state index contributed by atoms with van der Waals surface area (Å²) in [5.74, 6) is 1.60. The smallest absolute Gasteiger partial charge is 0.260 e. The number of amides is 1. The number of aliphatic hydroxyl groups is 1. The maximum Gasteiger partial charge on any atom is 0.260 e. The first kappa shape index (κ1) is 14.7. The molecule has 20 heavy (non-hydrogen) atoms. The Morgan fingerprint density at radius 2 is 2.15 bits per heavy atom. The van der Waals surface area contributed by atoms with E-state index < -0.39 is 0 Å². The molecule has 5 heteroatoms. The highest BCUT2D eigenvalue weighted by atomic mass is 16.5. The number of methoxy groups -OCH3 is 1. The largest absolute Gasteiger partial charge is 0.493 e. The van der Waals surface area contributed by atoms with Crippen LogP contribution in [0.1, 0.15) is 12.8 Å². The summed E-state index contributed by atoms with van der Waals surface area (Å²) in [7, 11) is 1.57. The third-order valence-corrected chi connectivity index (χ3v) is 3.60. The molecule has 1 saturated heterocycles. The van der Waals surface area contributed by atoms with Gasteiger partial charge < -0.3 is 19.5 Å². The first-order valence-corrected chi connectivity index (χ1v) is 6.89. The van der Waals surface area contributed by atoms with E-state index in [1.165, 1.54) is 0 Å². The number of carbonyl (C=O) groups is 1. The molecule has 5 nitrogen and oxygen atoms in total. The minimum absolute atomic E-state index is 0.0173. The van der Waals surface area contributed by atoms with E-state index in [0.29, 0.717) is 24.0 Å². The lowest BCUT2D eigenvalue weighted by Crippen LogP contribution is -2.33. The third kappa shape index (κ3) is 3.63. The first-order chi connectivity index (χ1) is 9.74.